The standard InChI is InChI=1S/C49H91NO8/c1-6-8-10-12-14-16-18-20-21-22-23-24-25-26-27-28-30-32-34-36-38-40-47(52)58-45(44-57-49(48(53)54)55-42-41-50(3,4)5)43-56-46(51)39-37-35-33-31-29-19-17-15-13-11-9-7-2/h15,17,22-23,45,49H,6-14,16,18-21,24-44H2,1-5H3/p+1/b17-15-,23-22-. The van der Waals surface area contributed by atoms with E-state index in [2.05, 4.69) is 38.2 Å². The molecule has 2 atom stereocenters. The highest BCUT2D eigenvalue weighted by atomic mass is 16.7. The number of nitrogens with zero attached hydrogens (tertiary/aromatic N) is 1. The van der Waals surface area contributed by atoms with Crippen LogP contribution in [0.3, 0.4) is 0 Å². The molecule has 0 heterocycles. The van der Waals surface area contributed by atoms with Gasteiger partial charge in [0.2, 0.25) is 0 Å². The predicted octanol–water partition coefficient (Wildman–Crippen LogP) is 12.8. The van der Waals surface area contributed by atoms with Crippen LogP contribution >= 0.6 is 0 Å². The number of quaternary nitrogens is 1. The Hall–Kier alpha value is -2.23. The molecule has 0 radical (unpaired) electrons. The first-order chi connectivity index (χ1) is 28.1. The lowest BCUT2D eigenvalue weighted by atomic mass is 10.1. The van der Waals surface area contributed by atoms with Crippen molar-refractivity contribution < 1.29 is 42.9 Å². The van der Waals surface area contributed by atoms with Gasteiger partial charge in [-0.1, -0.05) is 160 Å². The second kappa shape index (κ2) is 41.5. The van der Waals surface area contributed by atoms with Crippen molar-refractivity contribution in [3.05, 3.63) is 24.3 Å². The number of allylic oxidation sites excluding steroid dienone is 4. The van der Waals surface area contributed by atoms with Crippen LogP contribution in [0.25, 0.3) is 0 Å². The van der Waals surface area contributed by atoms with E-state index in [0.717, 1.165) is 57.8 Å². The third kappa shape index (κ3) is 41.9. The maximum atomic E-state index is 12.8. The minimum absolute atomic E-state index is 0.185. The molecule has 1 N–H and O–H groups in total. The van der Waals surface area contributed by atoms with Gasteiger partial charge >= 0.3 is 17.9 Å². The van der Waals surface area contributed by atoms with Crippen LogP contribution in [0.2, 0.25) is 0 Å². The van der Waals surface area contributed by atoms with Crippen molar-refractivity contribution in [3.8, 4) is 0 Å². The molecule has 0 aliphatic carbocycles. The number of esters is 2. The van der Waals surface area contributed by atoms with E-state index in [1.165, 1.54) is 128 Å². The van der Waals surface area contributed by atoms with Crippen LogP contribution in [0, 0.1) is 0 Å². The van der Waals surface area contributed by atoms with Crippen LogP contribution in [0.15, 0.2) is 24.3 Å². The van der Waals surface area contributed by atoms with E-state index in [-0.39, 0.29) is 32.2 Å². The molecule has 0 spiro atoms. The third-order valence-corrected chi connectivity index (χ3v) is 10.4. The number of aliphatic carboxylic acids is 1. The molecule has 0 bridgehead atoms. The summed E-state index contributed by atoms with van der Waals surface area (Å²) < 4.78 is 22.7. The smallest absolute Gasteiger partial charge is 0.361 e. The van der Waals surface area contributed by atoms with Crippen LogP contribution in [0.1, 0.15) is 213 Å². The Labute approximate surface area is 357 Å². The lowest BCUT2D eigenvalue weighted by Gasteiger charge is -2.25. The van der Waals surface area contributed by atoms with Crippen LogP contribution < -0.4 is 0 Å². The highest BCUT2D eigenvalue weighted by molar-refractivity contribution is 5.71. The topological polar surface area (TPSA) is 108 Å². The lowest BCUT2D eigenvalue weighted by Crippen LogP contribution is -2.40. The average Bonchev–Trinajstić information content (AvgIpc) is 3.18. The number of rotatable bonds is 44. The molecule has 0 aromatic carbocycles. The number of hydrogen-bond acceptors (Lipinski definition) is 7. The molecule has 0 aromatic heterocycles. The second-order valence-electron chi connectivity index (χ2n) is 17.4. The molecule has 9 heteroatoms. The van der Waals surface area contributed by atoms with E-state index in [1.807, 2.05) is 21.1 Å². The van der Waals surface area contributed by atoms with Gasteiger partial charge in [0.15, 0.2) is 6.10 Å². The van der Waals surface area contributed by atoms with E-state index >= 15 is 0 Å². The molecular formula is C49H92NO8+. The summed E-state index contributed by atoms with van der Waals surface area (Å²) in [4.78, 5) is 37.1. The Kier molecular flexibility index (Phi) is 39.9. The van der Waals surface area contributed by atoms with Gasteiger partial charge in [-0.05, 0) is 64.2 Å². The highest BCUT2D eigenvalue weighted by Crippen LogP contribution is 2.15. The second-order valence-corrected chi connectivity index (χ2v) is 17.4. The molecule has 0 fully saturated rings. The van der Waals surface area contributed by atoms with Gasteiger partial charge in [-0.15, -0.1) is 0 Å². The van der Waals surface area contributed by atoms with Crippen molar-refractivity contribution in [2.24, 2.45) is 0 Å². The Bertz CT molecular complexity index is 1010. The molecule has 0 saturated carbocycles. The normalized spacial score (nSPS) is 13.1. The summed E-state index contributed by atoms with van der Waals surface area (Å²) in [5.41, 5.74) is 0. The summed E-state index contributed by atoms with van der Waals surface area (Å²) in [6.45, 7) is 4.85. The van der Waals surface area contributed by atoms with Crippen LogP contribution in [0.5, 0.6) is 0 Å². The van der Waals surface area contributed by atoms with Crippen LogP contribution in [-0.4, -0.2) is 87.4 Å². The molecule has 58 heavy (non-hydrogen) atoms. The number of carboxylic acids is 1. The van der Waals surface area contributed by atoms with Crippen LogP contribution in [-0.2, 0) is 33.3 Å². The summed E-state index contributed by atoms with van der Waals surface area (Å²) >= 11 is 0. The SMILES string of the molecule is CCCCC/C=C\CCCCCCCC(=O)OCC(COC(OCC[N+](C)(C)C)C(=O)O)OC(=O)CCCCCCCCCCC/C=C\CCCCCCCCCC. The summed E-state index contributed by atoms with van der Waals surface area (Å²) in [7, 11) is 5.96. The van der Waals surface area contributed by atoms with E-state index in [1.54, 1.807) is 0 Å². The molecule has 0 aliphatic heterocycles. The van der Waals surface area contributed by atoms with Gasteiger partial charge in [-0.25, -0.2) is 4.79 Å². The fourth-order valence-corrected chi connectivity index (χ4v) is 6.65. The van der Waals surface area contributed by atoms with Crippen molar-refractivity contribution in [3.63, 3.8) is 0 Å². The van der Waals surface area contributed by atoms with Crippen molar-refractivity contribution in [2.75, 3.05) is 47.5 Å². The zero-order valence-electron chi connectivity index (χ0n) is 38.5. The highest BCUT2D eigenvalue weighted by Gasteiger charge is 2.25. The fourth-order valence-electron chi connectivity index (χ4n) is 6.65. The number of hydrogen-bond donors (Lipinski definition) is 1. The first kappa shape index (κ1) is 55.8. The summed E-state index contributed by atoms with van der Waals surface area (Å²) in [6.07, 6.45) is 42.4. The minimum Gasteiger partial charge on any atom is -0.477 e. The van der Waals surface area contributed by atoms with Crippen LogP contribution in [0.4, 0.5) is 0 Å². The van der Waals surface area contributed by atoms with Crippen molar-refractivity contribution in [1.82, 2.24) is 0 Å². The number of carbonyl (C=O) groups excluding carboxylic acids is 2. The third-order valence-electron chi connectivity index (χ3n) is 10.4. The number of carboxylic acid groups (broad SMARTS) is 1. The van der Waals surface area contributed by atoms with E-state index < -0.39 is 24.3 Å². The zero-order chi connectivity index (χ0) is 42.8. The number of ether oxygens (including phenoxy) is 4. The fraction of sp³-hybridized carbons (Fsp3) is 0.857. The molecule has 0 aliphatic rings. The molecule has 9 nitrogen and oxygen atoms in total. The van der Waals surface area contributed by atoms with Gasteiger partial charge in [-0.2, -0.15) is 0 Å². The first-order valence-corrected chi connectivity index (χ1v) is 24.0. The van der Waals surface area contributed by atoms with Gasteiger partial charge in [0.1, 0.15) is 13.2 Å². The number of unbranched alkanes of at least 4 members (excludes halogenated alkanes) is 25. The van der Waals surface area contributed by atoms with E-state index in [4.69, 9.17) is 18.9 Å². The quantitative estimate of drug-likeness (QED) is 0.0213. The van der Waals surface area contributed by atoms with Gasteiger partial charge in [0.05, 0.1) is 34.4 Å². The van der Waals surface area contributed by atoms with Crippen molar-refractivity contribution >= 4 is 17.9 Å². The zero-order valence-corrected chi connectivity index (χ0v) is 38.5. The molecule has 0 saturated heterocycles. The summed E-state index contributed by atoms with van der Waals surface area (Å²) in [5.74, 6) is -2.01. The Morgan fingerprint density at radius 3 is 1.31 bits per heavy atom. The molecule has 0 aromatic rings. The molecule has 340 valence electrons. The van der Waals surface area contributed by atoms with Gasteiger partial charge in [-0.3, -0.25) is 9.59 Å². The van der Waals surface area contributed by atoms with Crippen molar-refractivity contribution in [1.29, 1.82) is 0 Å². The monoisotopic (exact) mass is 823 g/mol. The molecule has 0 amide bonds. The van der Waals surface area contributed by atoms with Gasteiger partial charge < -0.3 is 28.5 Å². The Morgan fingerprint density at radius 1 is 0.500 bits per heavy atom. The average molecular weight is 823 g/mol. The maximum Gasteiger partial charge on any atom is 0.361 e. The minimum atomic E-state index is -1.51. The lowest BCUT2D eigenvalue weighted by molar-refractivity contribution is -0.870. The summed E-state index contributed by atoms with van der Waals surface area (Å²) in [5, 5.41) is 9.64. The Balaban J connectivity index is 4.34. The molecule has 2 unspecified atom stereocenters. The summed E-state index contributed by atoms with van der Waals surface area (Å²) in [6, 6.07) is 0. The predicted molar refractivity (Wildman–Crippen MR) is 240 cm³/mol. The molecular weight excluding hydrogens is 731 g/mol. The van der Waals surface area contributed by atoms with Gasteiger partial charge in [0, 0.05) is 12.8 Å². The maximum absolute atomic E-state index is 12.8. The molecule has 0 rings (SSSR count). The van der Waals surface area contributed by atoms with E-state index in [9.17, 15) is 19.5 Å². The van der Waals surface area contributed by atoms with Gasteiger partial charge in [0.25, 0.3) is 6.29 Å². The van der Waals surface area contributed by atoms with E-state index in [0.29, 0.717) is 17.4 Å². The number of likely N-dealkylation sites (N-methyl/N-ethyl adjacent to an activating group) is 1. The first-order valence-electron chi connectivity index (χ1n) is 24.0. The Morgan fingerprint density at radius 2 is 0.879 bits per heavy atom. The number of carbonyl (C=O) groups is 3. The van der Waals surface area contributed by atoms with Crippen molar-refractivity contribution in [2.45, 2.75) is 225 Å². The largest absolute Gasteiger partial charge is 0.477 e.